The van der Waals surface area contributed by atoms with Gasteiger partial charge in [-0.15, -0.1) is 0 Å². The van der Waals surface area contributed by atoms with E-state index in [0.29, 0.717) is 5.56 Å². The van der Waals surface area contributed by atoms with E-state index in [2.05, 4.69) is 0 Å². The van der Waals surface area contributed by atoms with Gasteiger partial charge in [0.05, 0.1) is 28.2 Å². The highest BCUT2D eigenvalue weighted by Gasteiger charge is 2.10. The second kappa shape index (κ2) is 4.32. The number of halogens is 2. The minimum Gasteiger partial charge on any atom is -0.396 e. The van der Waals surface area contributed by atoms with E-state index in [-0.39, 0.29) is 27.9 Å². The molecule has 0 aliphatic heterocycles. The summed E-state index contributed by atoms with van der Waals surface area (Å²) in [6.45, 7) is 0. The van der Waals surface area contributed by atoms with Crippen molar-refractivity contribution in [3.8, 4) is 6.07 Å². The summed E-state index contributed by atoms with van der Waals surface area (Å²) in [5.41, 5.74) is 6.02. The molecule has 0 aliphatic rings. The van der Waals surface area contributed by atoms with Crippen molar-refractivity contribution >= 4 is 34.7 Å². The van der Waals surface area contributed by atoms with Gasteiger partial charge in [-0.25, -0.2) is 0 Å². The number of rotatable bonds is 2. The molecule has 2 N–H and O–H groups in total. The summed E-state index contributed by atoms with van der Waals surface area (Å²) in [6, 6.07) is 4.56. The van der Waals surface area contributed by atoms with Crippen LogP contribution in [0.3, 0.4) is 0 Å². The van der Waals surface area contributed by atoms with Crippen molar-refractivity contribution in [3.63, 3.8) is 0 Å². The Labute approximate surface area is 91.0 Å². The van der Waals surface area contributed by atoms with Gasteiger partial charge in [-0.05, 0) is 12.1 Å². The van der Waals surface area contributed by atoms with Gasteiger partial charge >= 0.3 is 0 Å². The fourth-order valence-corrected chi connectivity index (χ4v) is 1.41. The molecule has 3 nitrogen and oxygen atoms in total. The number of Topliss-reactive ketones (excluding diaryl/α,β-unsaturated/α-hetero) is 1. The summed E-state index contributed by atoms with van der Waals surface area (Å²) >= 11 is 11.4. The topological polar surface area (TPSA) is 66.9 Å². The maximum absolute atomic E-state index is 11.3. The van der Waals surface area contributed by atoms with Crippen LogP contribution in [0.4, 0.5) is 5.69 Å². The zero-order chi connectivity index (χ0) is 10.7. The van der Waals surface area contributed by atoms with Crippen LogP contribution < -0.4 is 5.73 Å². The SMILES string of the molecule is N#CCC(=O)c1cc(Cl)c(N)c(Cl)c1. The van der Waals surface area contributed by atoms with Crippen LogP contribution in [-0.4, -0.2) is 5.78 Å². The maximum atomic E-state index is 11.3. The van der Waals surface area contributed by atoms with Gasteiger partial charge in [-0.1, -0.05) is 23.2 Å². The van der Waals surface area contributed by atoms with E-state index < -0.39 is 0 Å². The number of benzene rings is 1. The first-order valence-corrected chi connectivity index (χ1v) is 4.46. The highest BCUT2D eigenvalue weighted by Crippen LogP contribution is 2.29. The first kappa shape index (κ1) is 10.8. The van der Waals surface area contributed by atoms with Crippen LogP contribution in [0.15, 0.2) is 12.1 Å². The number of anilines is 1. The van der Waals surface area contributed by atoms with E-state index in [1.54, 1.807) is 6.07 Å². The monoisotopic (exact) mass is 228 g/mol. The van der Waals surface area contributed by atoms with Crippen LogP contribution in [0.5, 0.6) is 0 Å². The Morgan fingerprint density at radius 1 is 1.43 bits per heavy atom. The number of carbonyl (C=O) groups is 1. The van der Waals surface area contributed by atoms with Gasteiger partial charge in [0.2, 0.25) is 0 Å². The predicted octanol–water partition coefficient (Wildman–Crippen LogP) is 2.67. The average molecular weight is 229 g/mol. The highest BCUT2D eigenvalue weighted by molar-refractivity contribution is 6.39. The van der Waals surface area contributed by atoms with E-state index in [1.807, 2.05) is 0 Å². The molecule has 0 bridgehead atoms. The van der Waals surface area contributed by atoms with Crippen LogP contribution in [0, 0.1) is 11.3 Å². The zero-order valence-electron chi connectivity index (χ0n) is 7.05. The molecule has 0 unspecified atom stereocenters. The van der Waals surface area contributed by atoms with Crippen LogP contribution in [0.1, 0.15) is 16.8 Å². The summed E-state index contributed by atoms with van der Waals surface area (Å²) in [5, 5.41) is 8.77. The van der Waals surface area contributed by atoms with Crippen LogP contribution in [0.2, 0.25) is 10.0 Å². The highest BCUT2D eigenvalue weighted by atomic mass is 35.5. The van der Waals surface area contributed by atoms with Crippen molar-refractivity contribution in [2.45, 2.75) is 6.42 Å². The second-order valence-electron chi connectivity index (χ2n) is 2.61. The minimum absolute atomic E-state index is 0.198. The minimum atomic E-state index is -0.323. The lowest BCUT2D eigenvalue weighted by Crippen LogP contribution is -1.99. The fourth-order valence-electron chi connectivity index (χ4n) is 0.919. The van der Waals surface area contributed by atoms with Crippen LogP contribution >= 0.6 is 23.2 Å². The van der Waals surface area contributed by atoms with E-state index >= 15 is 0 Å². The Kier molecular flexibility index (Phi) is 3.34. The van der Waals surface area contributed by atoms with E-state index in [0.717, 1.165) is 0 Å². The number of nitrogen functional groups attached to an aromatic ring is 1. The Morgan fingerprint density at radius 3 is 2.36 bits per heavy atom. The number of nitriles is 1. The summed E-state index contributed by atoms with van der Waals surface area (Å²) in [6.07, 6.45) is -0.198. The molecule has 0 fully saturated rings. The third-order valence-corrected chi connectivity index (χ3v) is 2.27. The van der Waals surface area contributed by atoms with Crippen molar-refractivity contribution in [3.05, 3.63) is 27.7 Å². The molecule has 0 saturated heterocycles. The summed E-state index contributed by atoms with van der Waals surface area (Å²) in [7, 11) is 0. The van der Waals surface area contributed by atoms with Crippen molar-refractivity contribution in [2.24, 2.45) is 0 Å². The van der Waals surface area contributed by atoms with Crippen LogP contribution in [0.25, 0.3) is 0 Å². The molecule has 1 aromatic rings. The van der Waals surface area contributed by atoms with Gasteiger partial charge in [0.15, 0.2) is 5.78 Å². The lowest BCUT2D eigenvalue weighted by Gasteiger charge is -2.03. The van der Waals surface area contributed by atoms with Gasteiger partial charge in [0, 0.05) is 5.56 Å². The molecule has 1 rings (SSSR count). The molecule has 0 heterocycles. The number of nitrogens with two attached hydrogens (primary N) is 1. The third kappa shape index (κ3) is 2.16. The second-order valence-corrected chi connectivity index (χ2v) is 3.43. The van der Waals surface area contributed by atoms with Gasteiger partial charge in [-0.2, -0.15) is 5.26 Å². The molecule has 0 radical (unpaired) electrons. The van der Waals surface area contributed by atoms with Gasteiger partial charge < -0.3 is 5.73 Å². The largest absolute Gasteiger partial charge is 0.396 e. The summed E-state index contributed by atoms with van der Waals surface area (Å²) in [5.74, 6) is -0.323. The molecule has 0 atom stereocenters. The van der Waals surface area contributed by atoms with Gasteiger partial charge in [0.25, 0.3) is 0 Å². The molecule has 14 heavy (non-hydrogen) atoms. The first-order chi connectivity index (χ1) is 6.56. The Bertz CT molecular complexity index is 400. The summed E-state index contributed by atoms with van der Waals surface area (Å²) < 4.78 is 0. The normalized spacial score (nSPS) is 9.50. The summed E-state index contributed by atoms with van der Waals surface area (Å²) in [4.78, 5) is 11.3. The predicted molar refractivity (Wildman–Crippen MR) is 55.4 cm³/mol. The number of hydrogen-bond donors (Lipinski definition) is 1. The average Bonchev–Trinajstić information content (AvgIpc) is 2.13. The van der Waals surface area contributed by atoms with Crippen molar-refractivity contribution in [1.29, 1.82) is 5.26 Å². The lowest BCUT2D eigenvalue weighted by atomic mass is 10.1. The van der Waals surface area contributed by atoms with Gasteiger partial charge in [-0.3, -0.25) is 4.79 Å². The Morgan fingerprint density at radius 2 is 1.93 bits per heavy atom. The molecule has 0 spiro atoms. The lowest BCUT2D eigenvalue weighted by molar-refractivity contribution is 0.0998. The molecule has 0 saturated carbocycles. The third-order valence-electron chi connectivity index (χ3n) is 1.64. The number of nitrogens with zero attached hydrogens (tertiary/aromatic N) is 1. The molecule has 0 aromatic heterocycles. The number of ketones is 1. The van der Waals surface area contributed by atoms with Crippen LogP contribution in [-0.2, 0) is 0 Å². The van der Waals surface area contributed by atoms with Crippen molar-refractivity contribution < 1.29 is 4.79 Å². The standard InChI is InChI=1S/C9H6Cl2N2O/c10-6-3-5(8(14)1-2-12)4-7(11)9(6)13/h3-4H,1,13H2. The number of carbonyl (C=O) groups excluding carboxylic acids is 1. The molecular formula is C9H6Cl2N2O. The zero-order valence-corrected chi connectivity index (χ0v) is 8.56. The molecule has 1 aromatic carbocycles. The van der Waals surface area contributed by atoms with E-state index in [9.17, 15) is 4.79 Å². The molecular weight excluding hydrogens is 223 g/mol. The quantitative estimate of drug-likeness (QED) is 0.626. The van der Waals surface area contributed by atoms with Crippen molar-refractivity contribution in [1.82, 2.24) is 0 Å². The Balaban J connectivity index is 3.14. The number of hydrogen-bond acceptors (Lipinski definition) is 3. The fraction of sp³-hybridized carbons (Fsp3) is 0.111. The smallest absolute Gasteiger partial charge is 0.176 e. The molecule has 0 amide bonds. The van der Waals surface area contributed by atoms with Crippen molar-refractivity contribution in [2.75, 3.05) is 5.73 Å². The Hall–Kier alpha value is -1.24. The molecule has 0 aliphatic carbocycles. The van der Waals surface area contributed by atoms with Gasteiger partial charge in [0.1, 0.15) is 0 Å². The van der Waals surface area contributed by atoms with E-state index in [4.69, 9.17) is 34.2 Å². The maximum Gasteiger partial charge on any atom is 0.176 e. The molecule has 72 valence electrons. The first-order valence-electron chi connectivity index (χ1n) is 3.71. The molecule has 5 heteroatoms. The van der Waals surface area contributed by atoms with E-state index in [1.165, 1.54) is 12.1 Å².